The number of ether oxygens (including phenoxy) is 1. The van der Waals surface area contributed by atoms with Crippen LogP contribution in [0.25, 0.3) is 0 Å². The van der Waals surface area contributed by atoms with E-state index in [1.54, 1.807) is 0 Å². The summed E-state index contributed by atoms with van der Waals surface area (Å²) >= 11 is 0. The zero-order valence-corrected chi connectivity index (χ0v) is 3.35. The van der Waals surface area contributed by atoms with Gasteiger partial charge < -0.3 is 9.84 Å². The average molecular weight is 86.1 g/mol. The number of fused-ring (bicyclic) bond motifs is 1. The van der Waals surface area contributed by atoms with Crippen molar-refractivity contribution in [1.82, 2.24) is 0 Å². The highest BCUT2D eigenvalue weighted by Crippen LogP contribution is 2.50. The van der Waals surface area contributed by atoms with Crippen molar-refractivity contribution < 1.29 is 9.84 Å². The summed E-state index contributed by atoms with van der Waals surface area (Å²) in [7, 11) is 0. The molecule has 1 heterocycles. The zero-order chi connectivity index (χ0) is 4.20. The molecule has 1 saturated carbocycles. The maximum Gasteiger partial charge on any atom is 0.192 e. The summed E-state index contributed by atoms with van der Waals surface area (Å²) in [5, 5.41) is 8.77. The largest absolute Gasteiger partial charge is 0.363 e. The summed E-state index contributed by atoms with van der Waals surface area (Å²) in [6.07, 6.45) is 2.16. The smallest absolute Gasteiger partial charge is 0.192 e. The van der Waals surface area contributed by atoms with Gasteiger partial charge in [0.2, 0.25) is 0 Å². The van der Waals surface area contributed by atoms with E-state index < -0.39 is 5.79 Å². The molecule has 0 bridgehead atoms. The van der Waals surface area contributed by atoms with Crippen LogP contribution in [0.4, 0.5) is 0 Å². The van der Waals surface area contributed by atoms with Gasteiger partial charge in [-0.15, -0.1) is 0 Å². The lowest BCUT2D eigenvalue weighted by atomic mass is 9.97. The van der Waals surface area contributed by atoms with Crippen LogP contribution >= 0.6 is 0 Å². The standard InChI is InChI=1S/C4H6O2/c5-4-2-1-3(4)6-4/h3,5H,1-2H2. The van der Waals surface area contributed by atoms with Crippen molar-refractivity contribution in [3.63, 3.8) is 0 Å². The van der Waals surface area contributed by atoms with Gasteiger partial charge in [0.25, 0.3) is 0 Å². The van der Waals surface area contributed by atoms with Crippen molar-refractivity contribution in [2.45, 2.75) is 24.7 Å². The third kappa shape index (κ3) is 0.150. The minimum absolute atomic E-state index is 0.234. The van der Waals surface area contributed by atoms with Gasteiger partial charge in [0.05, 0.1) is 0 Å². The third-order valence-electron chi connectivity index (χ3n) is 1.56. The van der Waals surface area contributed by atoms with Crippen molar-refractivity contribution in [3.05, 3.63) is 0 Å². The first-order chi connectivity index (χ1) is 2.81. The highest BCUT2D eigenvalue weighted by atomic mass is 16.7. The van der Waals surface area contributed by atoms with E-state index in [0.717, 1.165) is 12.8 Å². The molecule has 6 heavy (non-hydrogen) atoms. The van der Waals surface area contributed by atoms with Crippen molar-refractivity contribution in [1.29, 1.82) is 0 Å². The SMILES string of the molecule is OC12CCC1O2. The number of rotatable bonds is 0. The van der Waals surface area contributed by atoms with Crippen molar-refractivity contribution in [2.75, 3.05) is 0 Å². The van der Waals surface area contributed by atoms with Crippen molar-refractivity contribution in [3.8, 4) is 0 Å². The second-order valence-electron chi connectivity index (χ2n) is 1.99. The van der Waals surface area contributed by atoms with Gasteiger partial charge in [0.1, 0.15) is 6.10 Å². The van der Waals surface area contributed by atoms with Gasteiger partial charge >= 0.3 is 0 Å². The summed E-state index contributed by atoms with van der Waals surface area (Å²) in [4.78, 5) is 0. The van der Waals surface area contributed by atoms with Crippen LogP contribution in [0.3, 0.4) is 0 Å². The second-order valence-corrected chi connectivity index (χ2v) is 1.99. The van der Waals surface area contributed by atoms with Gasteiger partial charge in [-0.25, -0.2) is 0 Å². The van der Waals surface area contributed by atoms with Crippen LogP contribution in [0.2, 0.25) is 0 Å². The fourth-order valence-electron chi connectivity index (χ4n) is 0.839. The Balaban J connectivity index is 2.22. The van der Waals surface area contributed by atoms with Gasteiger partial charge in [-0.1, -0.05) is 0 Å². The minimum Gasteiger partial charge on any atom is -0.363 e. The molecule has 1 saturated heterocycles. The lowest BCUT2D eigenvalue weighted by Gasteiger charge is -2.09. The highest BCUT2D eigenvalue weighted by Gasteiger charge is 2.63. The summed E-state index contributed by atoms with van der Waals surface area (Å²) in [6, 6.07) is 0. The van der Waals surface area contributed by atoms with Crippen molar-refractivity contribution >= 4 is 0 Å². The van der Waals surface area contributed by atoms with Crippen LogP contribution in [0, 0.1) is 0 Å². The van der Waals surface area contributed by atoms with E-state index in [4.69, 9.17) is 9.84 Å². The molecule has 2 nitrogen and oxygen atoms in total. The molecule has 2 atom stereocenters. The maximum atomic E-state index is 8.77. The molecule has 2 fully saturated rings. The van der Waals surface area contributed by atoms with E-state index >= 15 is 0 Å². The topological polar surface area (TPSA) is 32.8 Å². The Morgan fingerprint density at radius 3 is 2.50 bits per heavy atom. The van der Waals surface area contributed by atoms with E-state index in [-0.39, 0.29) is 6.10 Å². The summed E-state index contributed by atoms with van der Waals surface area (Å²) in [5.74, 6) is -0.611. The number of hydrogen-bond donors (Lipinski definition) is 1. The molecular formula is C4H6O2. The third-order valence-corrected chi connectivity index (χ3v) is 1.56. The molecule has 2 unspecified atom stereocenters. The molecule has 0 aromatic rings. The molecule has 1 N–H and O–H groups in total. The van der Waals surface area contributed by atoms with Crippen LogP contribution in [0.1, 0.15) is 12.8 Å². The van der Waals surface area contributed by atoms with Gasteiger partial charge in [-0.3, -0.25) is 0 Å². The molecule has 2 heteroatoms. The molecule has 1 aliphatic carbocycles. The number of aliphatic hydroxyl groups is 1. The molecular weight excluding hydrogens is 80.0 g/mol. The van der Waals surface area contributed by atoms with Crippen LogP contribution in [0.5, 0.6) is 0 Å². The fraction of sp³-hybridized carbons (Fsp3) is 1.00. The fourth-order valence-corrected chi connectivity index (χ4v) is 0.839. The lowest BCUT2D eigenvalue weighted by molar-refractivity contribution is 0.0203. The Hall–Kier alpha value is -0.0800. The van der Waals surface area contributed by atoms with Crippen LogP contribution in [-0.2, 0) is 4.74 Å². The molecule has 34 valence electrons. The molecule has 1 aliphatic heterocycles. The lowest BCUT2D eigenvalue weighted by Crippen LogP contribution is -2.23. The Bertz CT molecular complexity index is 87.5. The maximum absolute atomic E-state index is 8.77. The first kappa shape index (κ1) is 2.99. The first-order valence-corrected chi connectivity index (χ1v) is 2.21. The quantitative estimate of drug-likeness (QED) is 0.416. The van der Waals surface area contributed by atoms with Crippen molar-refractivity contribution in [2.24, 2.45) is 0 Å². The van der Waals surface area contributed by atoms with E-state index in [1.165, 1.54) is 0 Å². The molecule has 0 aromatic carbocycles. The van der Waals surface area contributed by atoms with Crippen LogP contribution < -0.4 is 0 Å². The predicted octanol–water partition coefficient (Wildman–Crippen LogP) is -0.132. The van der Waals surface area contributed by atoms with Crippen LogP contribution in [-0.4, -0.2) is 17.0 Å². The number of hydrogen-bond acceptors (Lipinski definition) is 2. The zero-order valence-electron chi connectivity index (χ0n) is 3.35. The highest BCUT2D eigenvalue weighted by molar-refractivity contribution is 5.02. The van der Waals surface area contributed by atoms with Gasteiger partial charge in [0, 0.05) is 6.42 Å². The normalized spacial score (nSPS) is 62.5. The Morgan fingerprint density at radius 2 is 2.50 bits per heavy atom. The monoisotopic (exact) mass is 86.0 g/mol. The summed E-state index contributed by atoms with van der Waals surface area (Å²) in [6.45, 7) is 0. The average Bonchev–Trinajstić information content (AvgIpc) is 1.88. The molecule has 0 amide bonds. The molecule has 0 aromatic heterocycles. The second kappa shape index (κ2) is 0.532. The number of epoxide rings is 1. The van der Waals surface area contributed by atoms with E-state index in [2.05, 4.69) is 0 Å². The Kier molecular flexibility index (Phi) is 0.265. The van der Waals surface area contributed by atoms with E-state index in [9.17, 15) is 0 Å². The first-order valence-electron chi connectivity index (χ1n) is 2.21. The van der Waals surface area contributed by atoms with E-state index in [0.29, 0.717) is 0 Å². The molecule has 0 radical (unpaired) electrons. The Morgan fingerprint density at radius 1 is 1.83 bits per heavy atom. The molecule has 2 aliphatic rings. The Labute approximate surface area is 35.7 Å². The van der Waals surface area contributed by atoms with E-state index in [1.807, 2.05) is 0 Å². The van der Waals surface area contributed by atoms with Gasteiger partial charge in [-0.2, -0.15) is 0 Å². The molecule has 0 spiro atoms. The molecule has 2 rings (SSSR count). The van der Waals surface area contributed by atoms with Crippen LogP contribution in [0.15, 0.2) is 0 Å². The summed E-state index contributed by atoms with van der Waals surface area (Å²) < 4.78 is 4.77. The van der Waals surface area contributed by atoms with Gasteiger partial charge in [0.15, 0.2) is 5.79 Å². The minimum atomic E-state index is -0.611. The summed E-state index contributed by atoms with van der Waals surface area (Å²) in [5.41, 5.74) is 0. The van der Waals surface area contributed by atoms with Gasteiger partial charge in [-0.05, 0) is 6.42 Å². The predicted molar refractivity (Wildman–Crippen MR) is 19.1 cm³/mol.